The number of hydrogen-bond acceptors (Lipinski definition) is 7. The van der Waals surface area contributed by atoms with Gasteiger partial charge in [0.2, 0.25) is 5.82 Å². The number of rotatable bonds is 9. The Morgan fingerprint density at radius 1 is 1.26 bits per heavy atom. The molecule has 1 aliphatic heterocycles. The Morgan fingerprint density at radius 2 is 2.09 bits per heavy atom. The highest BCUT2D eigenvalue weighted by molar-refractivity contribution is 6.00. The van der Waals surface area contributed by atoms with Crippen LogP contribution in [-0.2, 0) is 24.3 Å². The third-order valence-corrected chi connectivity index (χ3v) is 5.59. The summed E-state index contributed by atoms with van der Waals surface area (Å²) in [4.78, 5) is 31.2. The number of anilines is 1. The van der Waals surface area contributed by atoms with Crippen LogP contribution in [0.2, 0.25) is 0 Å². The molecule has 34 heavy (non-hydrogen) atoms. The second kappa shape index (κ2) is 10.5. The molecule has 0 fully saturated rings. The molecule has 0 saturated carbocycles. The van der Waals surface area contributed by atoms with Crippen molar-refractivity contribution in [3.05, 3.63) is 59.6 Å². The Hall–Kier alpha value is -3.64. The van der Waals surface area contributed by atoms with Crippen molar-refractivity contribution in [2.75, 3.05) is 31.6 Å². The van der Waals surface area contributed by atoms with E-state index in [0.717, 1.165) is 5.69 Å². The number of aliphatic hydroxyl groups excluding tert-OH is 1. The largest absolute Gasteiger partial charge is 0.395 e. The molecule has 0 spiro atoms. The van der Waals surface area contributed by atoms with E-state index in [1.807, 2.05) is 6.07 Å². The maximum atomic E-state index is 13.9. The highest BCUT2D eigenvalue weighted by atomic mass is 19.1. The van der Waals surface area contributed by atoms with Crippen LogP contribution >= 0.6 is 0 Å². The van der Waals surface area contributed by atoms with Crippen LogP contribution < -0.4 is 15.5 Å². The lowest BCUT2D eigenvalue weighted by Gasteiger charge is -2.19. The van der Waals surface area contributed by atoms with E-state index in [-0.39, 0.29) is 30.7 Å². The summed E-state index contributed by atoms with van der Waals surface area (Å²) in [6, 6.07) is 7.41. The van der Waals surface area contributed by atoms with Crippen molar-refractivity contribution in [3.8, 4) is 0 Å². The summed E-state index contributed by atoms with van der Waals surface area (Å²) in [5.74, 6) is -0.632. The Balaban J connectivity index is 1.37. The van der Waals surface area contributed by atoms with Crippen molar-refractivity contribution >= 4 is 17.6 Å². The zero-order chi connectivity index (χ0) is 24.1. The monoisotopic (exact) mass is 470 g/mol. The molecular weight excluding hydrogens is 443 g/mol. The zero-order valence-corrected chi connectivity index (χ0v) is 18.8. The molecule has 180 valence electrons. The highest BCUT2D eigenvalue weighted by Gasteiger charge is 2.31. The molecule has 0 saturated heterocycles. The van der Waals surface area contributed by atoms with Gasteiger partial charge in [-0.2, -0.15) is 5.10 Å². The average molecular weight is 471 g/mol. The first kappa shape index (κ1) is 23.5. The molecule has 3 heterocycles. The van der Waals surface area contributed by atoms with Crippen molar-refractivity contribution in [1.29, 1.82) is 0 Å². The number of amides is 2. The molecule has 3 N–H and O–H groups in total. The molecular formula is C22H27FN8O3. The van der Waals surface area contributed by atoms with Crippen LogP contribution in [0.1, 0.15) is 28.3 Å². The van der Waals surface area contributed by atoms with Crippen LogP contribution in [0.5, 0.6) is 0 Å². The maximum absolute atomic E-state index is 13.9. The standard InChI is InChI=1S/C22H27FN8O3/c1-29-19-12-16(6-8-24-9-11-32)27-31(19)10-7-18(22(29)34)26-21(33)20-25-14-30(28-20)13-15-4-2-3-5-17(15)23/h2-5,12,14,18,24,32H,6-11,13H2,1H3,(H,26,33)/t18-/m1/s1. The van der Waals surface area contributed by atoms with Gasteiger partial charge in [0.1, 0.15) is 24.0 Å². The Morgan fingerprint density at radius 3 is 2.88 bits per heavy atom. The van der Waals surface area contributed by atoms with Crippen molar-refractivity contribution in [2.45, 2.75) is 32.0 Å². The van der Waals surface area contributed by atoms with Crippen molar-refractivity contribution in [1.82, 2.24) is 35.2 Å². The van der Waals surface area contributed by atoms with Crippen molar-refractivity contribution in [2.24, 2.45) is 0 Å². The molecule has 4 rings (SSSR count). The Kier molecular flexibility index (Phi) is 7.28. The number of hydrogen-bond donors (Lipinski definition) is 3. The summed E-state index contributed by atoms with van der Waals surface area (Å²) in [7, 11) is 1.65. The lowest BCUT2D eigenvalue weighted by Crippen LogP contribution is -2.47. The molecule has 2 amide bonds. The van der Waals surface area contributed by atoms with E-state index in [1.54, 1.807) is 29.9 Å². The number of fused-ring (bicyclic) bond motifs is 1. The minimum atomic E-state index is -0.757. The fraction of sp³-hybridized carbons (Fsp3) is 0.409. The zero-order valence-electron chi connectivity index (χ0n) is 18.8. The van der Waals surface area contributed by atoms with Gasteiger partial charge in [-0.25, -0.2) is 18.7 Å². The van der Waals surface area contributed by atoms with E-state index in [4.69, 9.17) is 5.11 Å². The molecule has 0 unspecified atom stereocenters. The smallest absolute Gasteiger partial charge is 0.291 e. The van der Waals surface area contributed by atoms with Gasteiger partial charge in [0.25, 0.3) is 11.8 Å². The first-order valence-electron chi connectivity index (χ1n) is 11.1. The summed E-state index contributed by atoms with van der Waals surface area (Å²) in [5, 5.41) is 23.3. The number of carbonyl (C=O) groups is 2. The first-order chi connectivity index (χ1) is 16.5. The number of aromatic nitrogens is 5. The molecule has 1 aliphatic rings. The number of halogens is 1. The van der Waals surface area contributed by atoms with E-state index in [9.17, 15) is 14.0 Å². The summed E-state index contributed by atoms with van der Waals surface area (Å²) in [6.07, 6.45) is 2.39. The lowest BCUT2D eigenvalue weighted by molar-refractivity contribution is -0.120. The van der Waals surface area contributed by atoms with Crippen LogP contribution in [0.15, 0.2) is 36.7 Å². The van der Waals surface area contributed by atoms with Crippen LogP contribution in [-0.4, -0.2) is 74.3 Å². The summed E-state index contributed by atoms with van der Waals surface area (Å²) in [5.41, 5.74) is 1.27. The fourth-order valence-electron chi connectivity index (χ4n) is 3.79. The minimum absolute atomic E-state index is 0.0748. The van der Waals surface area contributed by atoms with E-state index >= 15 is 0 Å². The molecule has 1 atom stereocenters. The Labute approximate surface area is 195 Å². The second-order valence-corrected chi connectivity index (χ2v) is 8.01. The van der Waals surface area contributed by atoms with Crippen LogP contribution in [0.25, 0.3) is 0 Å². The number of likely N-dealkylation sites (N-methyl/N-ethyl adjacent to an activating group) is 1. The predicted octanol–water partition coefficient (Wildman–Crippen LogP) is -0.0485. The number of nitrogens with zero attached hydrogens (tertiary/aromatic N) is 6. The third-order valence-electron chi connectivity index (χ3n) is 5.59. The normalized spacial score (nSPS) is 15.8. The van der Waals surface area contributed by atoms with Crippen molar-refractivity contribution in [3.63, 3.8) is 0 Å². The summed E-state index contributed by atoms with van der Waals surface area (Å²) in [6.45, 7) is 1.85. The number of benzene rings is 1. The molecule has 12 heteroatoms. The van der Waals surface area contributed by atoms with Gasteiger partial charge in [-0.15, -0.1) is 5.10 Å². The van der Waals surface area contributed by atoms with Gasteiger partial charge in [-0.3, -0.25) is 14.5 Å². The number of carbonyl (C=O) groups excluding carboxylic acids is 2. The summed E-state index contributed by atoms with van der Waals surface area (Å²) < 4.78 is 17.0. The predicted molar refractivity (Wildman–Crippen MR) is 121 cm³/mol. The molecule has 11 nitrogen and oxygen atoms in total. The molecule has 3 aromatic rings. The first-order valence-corrected chi connectivity index (χ1v) is 11.1. The van der Waals surface area contributed by atoms with E-state index in [0.29, 0.717) is 43.9 Å². The van der Waals surface area contributed by atoms with Crippen LogP contribution in [0.3, 0.4) is 0 Å². The molecule has 0 bridgehead atoms. The Bertz CT molecular complexity index is 1160. The van der Waals surface area contributed by atoms with Gasteiger partial charge >= 0.3 is 0 Å². The third kappa shape index (κ3) is 5.29. The number of aryl methyl sites for hydroxylation is 1. The van der Waals surface area contributed by atoms with Gasteiger partial charge in [0.15, 0.2) is 0 Å². The molecule has 0 aliphatic carbocycles. The van der Waals surface area contributed by atoms with Crippen molar-refractivity contribution < 1.29 is 19.1 Å². The number of aliphatic hydroxyl groups is 1. The highest BCUT2D eigenvalue weighted by Crippen LogP contribution is 2.21. The topological polar surface area (TPSA) is 130 Å². The van der Waals surface area contributed by atoms with Crippen LogP contribution in [0.4, 0.5) is 10.2 Å². The minimum Gasteiger partial charge on any atom is -0.395 e. The van der Waals surface area contributed by atoms with Gasteiger partial charge in [-0.1, -0.05) is 18.2 Å². The van der Waals surface area contributed by atoms with E-state index in [1.165, 1.54) is 22.0 Å². The molecule has 0 radical (unpaired) electrons. The van der Waals surface area contributed by atoms with Gasteiger partial charge < -0.3 is 15.7 Å². The van der Waals surface area contributed by atoms with E-state index < -0.39 is 11.9 Å². The SMILES string of the molecule is CN1C(=O)[C@H](NC(=O)c2ncn(Cc3ccccc3F)n2)CCn2nc(CCNCCO)cc21. The van der Waals surface area contributed by atoms with E-state index in [2.05, 4.69) is 25.8 Å². The van der Waals surface area contributed by atoms with Gasteiger partial charge in [0, 0.05) is 44.7 Å². The van der Waals surface area contributed by atoms with Gasteiger partial charge in [-0.05, 0) is 12.5 Å². The fourth-order valence-corrected chi connectivity index (χ4v) is 3.79. The molecule has 1 aromatic carbocycles. The number of nitrogens with one attached hydrogen (secondary N) is 2. The maximum Gasteiger partial charge on any atom is 0.291 e. The molecule has 2 aromatic heterocycles. The van der Waals surface area contributed by atoms with Gasteiger partial charge in [0.05, 0.1) is 18.8 Å². The lowest BCUT2D eigenvalue weighted by atomic mass is 10.2. The summed E-state index contributed by atoms with van der Waals surface area (Å²) >= 11 is 0. The quantitative estimate of drug-likeness (QED) is 0.374. The second-order valence-electron chi connectivity index (χ2n) is 8.01. The van der Waals surface area contributed by atoms with Crippen LogP contribution in [0, 0.1) is 5.82 Å². The average Bonchev–Trinajstić information content (AvgIpc) is 3.45.